The van der Waals surface area contributed by atoms with Gasteiger partial charge in [0.1, 0.15) is 0 Å². The number of benzene rings is 2. The van der Waals surface area contributed by atoms with Crippen molar-refractivity contribution in [3.05, 3.63) is 71.3 Å². The van der Waals surface area contributed by atoms with Crippen LogP contribution in [0.4, 0.5) is 0 Å². The van der Waals surface area contributed by atoms with Crippen molar-refractivity contribution in [2.45, 2.75) is 25.4 Å². The summed E-state index contributed by atoms with van der Waals surface area (Å²) in [5, 5.41) is 13.0. The molecule has 1 atom stereocenters. The Labute approximate surface area is 147 Å². The molecule has 2 N–H and O–H groups in total. The maximum Gasteiger partial charge on any atom is 0.261 e. The Morgan fingerprint density at radius 3 is 2.12 bits per heavy atom. The van der Waals surface area contributed by atoms with Gasteiger partial charge < -0.3 is 10.4 Å². The molecule has 3 rings (SSSR count). The number of hydrogen-bond donors (Lipinski definition) is 2. The largest absolute Gasteiger partial charge is 0.394 e. The monoisotopic (exact) mass is 338 g/mol. The molecule has 1 aliphatic rings. The fourth-order valence-corrected chi connectivity index (χ4v) is 3.13. The van der Waals surface area contributed by atoms with Crippen LogP contribution < -0.4 is 5.32 Å². The third-order valence-electron chi connectivity index (χ3n) is 4.46. The Bertz CT molecular complexity index is 711. The number of hydrogen-bond acceptors (Lipinski definition) is 4. The van der Waals surface area contributed by atoms with Gasteiger partial charge in [-0.15, -0.1) is 0 Å². The zero-order chi connectivity index (χ0) is 17.6. The summed E-state index contributed by atoms with van der Waals surface area (Å²) in [4.78, 5) is 26.1. The maximum atomic E-state index is 12.5. The second-order valence-corrected chi connectivity index (χ2v) is 6.17. The molecule has 2 amide bonds. The van der Waals surface area contributed by atoms with E-state index in [1.54, 1.807) is 24.3 Å². The van der Waals surface area contributed by atoms with Crippen molar-refractivity contribution < 1.29 is 14.7 Å². The smallest absolute Gasteiger partial charge is 0.261 e. The van der Waals surface area contributed by atoms with Gasteiger partial charge in [0.15, 0.2) is 0 Å². The third kappa shape index (κ3) is 3.78. The number of amides is 2. The zero-order valence-electron chi connectivity index (χ0n) is 14.0. The van der Waals surface area contributed by atoms with Gasteiger partial charge in [0, 0.05) is 6.54 Å². The summed E-state index contributed by atoms with van der Waals surface area (Å²) in [5.74, 6) is -0.617. The first-order valence-electron chi connectivity index (χ1n) is 8.55. The van der Waals surface area contributed by atoms with E-state index < -0.39 is 6.04 Å². The summed E-state index contributed by atoms with van der Waals surface area (Å²) in [6.07, 6.45) is 1.34. The van der Waals surface area contributed by atoms with Crippen LogP contribution in [0.25, 0.3) is 0 Å². The van der Waals surface area contributed by atoms with E-state index in [9.17, 15) is 14.7 Å². The first kappa shape index (κ1) is 17.3. The molecule has 5 nitrogen and oxygen atoms in total. The molecule has 0 bridgehead atoms. The van der Waals surface area contributed by atoms with Gasteiger partial charge in [0.25, 0.3) is 11.8 Å². The van der Waals surface area contributed by atoms with Gasteiger partial charge in [0.05, 0.1) is 23.8 Å². The van der Waals surface area contributed by atoms with Gasteiger partial charge in [-0.1, -0.05) is 42.5 Å². The number of imide groups is 1. The summed E-state index contributed by atoms with van der Waals surface area (Å²) in [6, 6.07) is 16.4. The fraction of sp³-hybridized carbons (Fsp3) is 0.300. The Kier molecular flexibility index (Phi) is 5.58. The highest BCUT2D eigenvalue weighted by Crippen LogP contribution is 2.25. The summed E-state index contributed by atoms with van der Waals surface area (Å²) in [7, 11) is 0. The number of fused-ring (bicyclic) bond motifs is 1. The van der Waals surface area contributed by atoms with E-state index in [1.807, 2.05) is 18.2 Å². The summed E-state index contributed by atoms with van der Waals surface area (Å²) >= 11 is 0. The quantitative estimate of drug-likeness (QED) is 0.572. The molecule has 2 aromatic carbocycles. The second kappa shape index (κ2) is 8.05. The molecule has 2 aromatic rings. The molecule has 1 aliphatic heterocycles. The predicted molar refractivity (Wildman–Crippen MR) is 95.2 cm³/mol. The fourth-order valence-electron chi connectivity index (χ4n) is 3.13. The normalized spacial score (nSPS) is 14.7. The molecule has 0 unspecified atom stereocenters. The highest BCUT2D eigenvalue weighted by Gasteiger charge is 2.39. The number of nitrogens with one attached hydrogen (secondary N) is 1. The highest BCUT2D eigenvalue weighted by molar-refractivity contribution is 6.21. The Balaban J connectivity index is 1.52. The van der Waals surface area contributed by atoms with E-state index in [0.29, 0.717) is 17.5 Å². The van der Waals surface area contributed by atoms with Crippen molar-refractivity contribution in [1.82, 2.24) is 10.2 Å². The summed E-state index contributed by atoms with van der Waals surface area (Å²) < 4.78 is 0. The van der Waals surface area contributed by atoms with Crippen molar-refractivity contribution in [2.24, 2.45) is 0 Å². The van der Waals surface area contributed by atoms with Crippen LogP contribution in [0.15, 0.2) is 54.6 Å². The minimum atomic E-state index is -0.481. The number of rotatable bonds is 8. The van der Waals surface area contributed by atoms with Crippen molar-refractivity contribution in [2.75, 3.05) is 13.2 Å². The number of carbonyl (C=O) groups excluding carboxylic acids is 2. The van der Waals surface area contributed by atoms with E-state index in [-0.39, 0.29) is 18.4 Å². The standard InChI is InChI=1S/C20H22N2O3/c23-14-16(9-6-12-21-13-15-7-2-1-3-8-15)22-19(24)17-10-4-5-11-18(17)20(22)25/h1-5,7-8,10-11,16,21,23H,6,9,12-14H2/t16-/m1/s1. The lowest BCUT2D eigenvalue weighted by atomic mass is 10.1. The first-order chi connectivity index (χ1) is 12.2. The number of aliphatic hydroxyl groups is 1. The molecule has 0 fully saturated rings. The Morgan fingerprint density at radius 1 is 0.920 bits per heavy atom. The minimum Gasteiger partial charge on any atom is -0.394 e. The van der Waals surface area contributed by atoms with Crippen LogP contribution in [0.3, 0.4) is 0 Å². The molecular formula is C20H22N2O3. The highest BCUT2D eigenvalue weighted by atomic mass is 16.3. The SMILES string of the molecule is O=C1c2ccccc2C(=O)N1[C@@H](CO)CCCNCc1ccccc1. The van der Waals surface area contributed by atoms with E-state index in [4.69, 9.17) is 0 Å². The number of carbonyl (C=O) groups is 2. The van der Waals surface area contributed by atoms with E-state index in [2.05, 4.69) is 17.4 Å². The number of aliphatic hydroxyl groups excluding tert-OH is 1. The van der Waals surface area contributed by atoms with E-state index >= 15 is 0 Å². The molecule has 5 heteroatoms. The summed E-state index contributed by atoms with van der Waals surface area (Å²) in [5.41, 5.74) is 2.06. The van der Waals surface area contributed by atoms with Crippen LogP contribution in [-0.4, -0.2) is 41.0 Å². The minimum absolute atomic E-state index is 0.218. The van der Waals surface area contributed by atoms with Crippen LogP contribution in [0.5, 0.6) is 0 Å². The lowest BCUT2D eigenvalue weighted by Crippen LogP contribution is -2.42. The molecule has 130 valence electrons. The Hall–Kier alpha value is -2.50. The van der Waals surface area contributed by atoms with Gasteiger partial charge >= 0.3 is 0 Å². The lowest BCUT2D eigenvalue weighted by molar-refractivity contribution is 0.0503. The van der Waals surface area contributed by atoms with E-state index in [1.165, 1.54) is 10.5 Å². The van der Waals surface area contributed by atoms with Gasteiger partial charge in [-0.3, -0.25) is 14.5 Å². The zero-order valence-corrected chi connectivity index (χ0v) is 14.0. The van der Waals surface area contributed by atoms with Crippen molar-refractivity contribution >= 4 is 11.8 Å². The summed E-state index contributed by atoms with van der Waals surface area (Å²) in [6.45, 7) is 1.32. The topological polar surface area (TPSA) is 69.6 Å². The van der Waals surface area contributed by atoms with Crippen LogP contribution in [0, 0.1) is 0 Å². The van der Waals surface area contributed by atoms with Gasteiger partial charge in [0.2, 0.25) is 0 Å². The van der Waals surface area contributed by atoms with Crippen molar-refractivity contribution in [3.63, 3.8) is 0 Å². The van der Waals surface area contributed by atoms with Crippen LogP contribution in [0.2, 0.25) is 0 Å². The van der Waals surface area contributed by atoms with Crippen molar-refractivity contribution in [1.29, 1.82) is 0 Å². The molecule has 25 heavy (non-hydrogen) atoms. The average Bonchev–Trinajstić information content (AvgIpc) is 2.91. The second-order valence-electron chi connectivity index (χ2n) is 6.17. The molecule has 1 heterocycles. The maximum absolute atomic E-state index is 12.5. The molecule has 0 saturated carbocycles. The molecule has 0 aliphatic carbocycles. The van der Waals surface area contributed by atoms with Crippen LogP contribution in [0.1, 0.15) is 39.1 Å². The Morgan fingerprint density at radius 2 is 1.52 bits per heavy atom. The number of nitrogens with zero attached hydrogens (tertiary/aromatic N) is 1. The van der Waals surface area contributed by atoms with Crippen molar-refractivity contribution in [3.8, 4) is 0 Å². The molecule has 0 radical (unpaired) electrons. The van der Waals surface area contributed by atoms with Gasteiger partial charge in [-0.25, -0.2) is 0 Å². The van der Waals surface area contributed by atoms with E-state index in [0.717, 1.165) is 19.5 Å². The molecule has 0 saturated heterocycles. The van der Waals surface area contributed by atoms with Crippen LogP contribution >= 0.6 is 0 Å². The predicted octanol–water partition coefficient (Wildman–Crippen LogP) is 2.21. The average molecular weight is 338 g/mol. The third-order valence-corrected chi connectivity index (χ3v) is 4.46. The molecular weight excluding hydrogens is 316 g/mol. The molecule has 0 spiro atoms. The first-order valence-corrected chi connectivity index (χ1v) is 8.55. The lowest BCUT2D eigenvalue weighted by Gasteiger charge is -2.24. The van der Waals surface area contributed by atoms with Gasteiger partial charge in [-0.2, -0.15) is 0 Å². The van der Waals surface area contributed by atoms with Crippen LogP contribution in [-0.2, 0) is 6.54 Å². The molecule has 0 aromatic heterocycles. The van der Waals surface area contributed by atoms with Gasteiger partial charge in [-0.05, 0) is 37.1 Å².